The normalized spacial score (nSPS) is 10.4. The quantitative estimate of drug-likeness (QED) is 0.694. The van der Waals surface area contributed by atoms with Crippen molar-refractivity contribution < 1.29 is 9.53 Å². The van der Waals surface area contributed by atoms with Crippen LogP contribution in [0.2, 0.25) is 0 Å². The van der Waals surface area contributed by atoms with Crippen molar-refractivity contribution in [2.75, 3.05) is 6.61 Å². The summed E-state index contributed by atoms with van der Waals surface area (Å²) in [5.74, 6) is -0.382. The van der Waals surface area contributed by atoms with Crippen LogP contribution in [0.4, 0.5) is 0 Å². The molecule has 0 fully saturated rings. The standard InChI is InChI=1S/C17H15N3O2/c1-2-22-17(21)14-10-15(12-18-11-14)20-9-8-16(19-20)13-6-4-3-5-7-13/h3-12H,2H2,1H3. The summed E-state index contributed by atoms with van der Waals surface area (Å²) in [6, 6.07) is 13.5. The molecule has 0 saturated heterocycles. The first-order chi connectivity index (χ1) is 10.8. The third-order valence-corrected chi connectivity index (χ3v) is 3.16. The molecule has 3 aromatic rings. The van der Waals surface area contributed by atoms with Crippen molar-refractivity contribution in [3.05, 3.63) is 66.6 Å². The molecule has 1 aromatic carbocycles. The third-order valence-electron chi connectivity index (χ3n) is 3.16. The van der Waals surface area contributed by atoms with E-state index in [0.29, 0.717) is 17.9 Å². The van der Waals surface area contributed by atoms with E-state index in [1.807, 2.05) is 42.6 Å². The van der Waals surface area contributed by atoms with Gasteiger partial charge >= 0.3 is 5.97 Å². The maximum Gasteiger partial charge on any atom is 0.339 e. The Hall–Kier alpha value is -2.95. The topological polar surface area (TPSA) is 57.0 Å². The number of hydrogen-bond donors (Lipinski definition) is 0. The summed E-state index contributed by atoms with van der Waals surface area (Å²) >= 11 is 0. The molecule has 5 nitrogen and oxygen atoms in total. The zero-order valence-electron chi connectivity index (χ0n) is 12.1. The first kappa shape index (κ1) is 14.0. The predicted molar refractivity (Wildman–Crippen MR) is 82.8 cm³/mol. The molecular formula is C17H15N3O2. The smallest absolute Gasteiger partial charge is 0.339 e. The van der Waals surface area contributed by atoms with E-state index in [2.05, 4.69) is 10.1 Å². The maximum absolute atomic E-state index is 11.8. The largest absolute Gasteiger partial charge is 0.462 e. The maximum atomic E-state index is 11.8. The summed E-state index contributed by atoms with van der Waals surface area (Å²) in [5.41, 5.74) is 3.03. The molecule has 0 unspecified atom stereocenters. The van der Waals surface area contributed by atoms with Gasteiger partial charge in [-0.25, -0.2) is 9.48 Å². The molecular weight excluding hydrogens is 278 g/mol. The van der Waals surface area contributed by atoms with Gasteiger partial charge in [0.1, 0.15) is 0 Å². The van der Waals surface area contributed by atoms with Crippen molar-refractivity contribution in [3.63, 3.8) is 0 Å². The van der Waals surface area contributed by atoms with Crippen LogP contribution in [0.25, 0.3) is 16.9 Å². The number of carbonyl (C=O) groups is 1. The van der Waals surface area contributed by atoms with Gasteiger partial charge in [0.2, 0.25) is 0 Å². The van der Waals surface area contributed by atoms with Gasteiger partial charge in [-0.05, 0) is 19.1 Å². The summed E-state index contributed by atoms with van der Waals surface area (Å²) in [5, 5.41) is 4.52. The van der Waals surface area contributed by atoms with E-state index in [9.17, 15) is 4.79 Å². The molecule has 22 heavy (non-hydrogen) atoms. The van der Waals surface area contributed by atoms with Crippen LogP contribution in [0.15, 0.2) is 61.1 Å². The van der Waals surface area contributed by atoms with Crippen molar-refractivity contribution in [1.82, 2.24) is 14.8 Å². The molecule has 110 valence electrons. The number of carbonyl (C=O) groups excluding carboxylic acids is 1. The van der Waals surface area contributed by atoms with Crippen LogP contribution in [0.5, 0.6) is 0 Å². The van der Waals surface area contributed by atoms with Gasteiger partial charge in [-0.15, -0.1) is 0 Å². The Morgan fingerprint density at radius 1 is 1.18 bits per heavy atom. The van der Waals surface area contributed by atoms with Crippen LogP contribution in [0, 0.1) is 0 Å². The number of pyridine rings is 1. The zero-order chi connectivity index (χ0) is 15.4. The summed E-state index contributed by atoms with van der Waals surface area (Å²) in [6.07, 6.45) is 4.99. The Bertz CT molecular complexity index is 781. The van der Waals surface area contributed by atoms with Crippen LogP contribution in [0.1, 0.15) is 17.3 Å². The highest BCUT2D eigenvalue weighted by Crippen LogP contribution is 2.18. The van der Waals surface area contributed by atoms with Gasteiger partial charge in [0.25, 0.3) is 0 Å². The molecule has 0 aliphatic rings. The van der Waals surface area contributed by atoms with Crippen LogP contribution >= 0.6 is 0 Å². The van der Waals surface area contributed by atoms with Gasteiger partial charge in [-0.1, -0.05) is 30.3 Å². The van der Waals surface area contributed by atoms with Gasteiger partial charge in [0.15, 0.2) is 0 Å². The number of aromatic nitrogens is 3. The van der Waals surface area contributed by atoms with Crippen molar-refractivity contribution >= 4 is 5.97 Å². The number of hydrogen-bond acceptors (Lipinski definition) is 4. The van der Waals surface area contributed by atoms with Gasteiger partial charge < -0.3 is 4.74 Å². The molecule has 3 rings (SSSR count). The number of nitrogens with zero attached hydrogens (tertiary/aromatic N) is 3. The molecule has 0 atom stereocenters. The molecule has 0 saturated carbocycles. The fraction of sp³-hybridized carbons (Fsp3) is 0.118. The lowest BCUT2D eigenvalue weighted by molar-refractivity contribution is 0.0526. The highest BCUT2D eigenvalue weighted by molar-refractivity contribution is 5.89. The highest BCUT2D eigenvalue weighted by atomic mass is 16.5. The first-order valence-corrected chi connectivity index (χ1v) is 7.01. The molecule has 0 bridgehead atoms. The van der Waals surface area contributed by atoms with Gasteiger partial charge in [-0.2, -0.15) is 5.10 Å². The molecule has 0 N–H and O–H groups in total. The highest BCUT2D eigenvalue weighted by Gasteiger charge is 2.09. The van der Waals surface area contributed by atoms with Gasteiger partial charge in [0.05, 0.1) is 29.7 Å². The Kier molecular flexibility index (Phi) is 3.96. The fourth-order valence-corrected chi connectivity index (χ4v) is 2.11. The second-order valence-electron chi connectivity index (χ2n) is 4.66. The predicted octanol–water partition coefficient (Wildman–Crippen LogP) is 3.11. The van der Waals surface area contributed by atoms with Crippen LogP contribution < -0.4 is 0 Å². The van der Waals surface area contributed by atoms with E-state index in [0.717, 1.165) is 11.3 Å². The first-order valence-electron chi connectivity index (χ1n) is 7.01. The Morgan fingerprint density at radius 3 is 2.77 bits per heavy atom. The average Bonchev–Trinajstić information content (AvgIpc) is 3.06. The molecule has 0 radical (unpaired) electrons. The number of benzene rings is 1. The van der Waals surface area contributed by atoms with Gasteiger partial charge in [0, 0.05) is 18.0 Å². The monoisotopic (exact) mass is 293 g/mol. The summed E-state index contributed by atoms with van der Waals surface area (Å²) in [6.45, 7) is 2.11. The van der Waals surface area contributed by atoms with Gasteiger partial charge in [-0.3, -0.25) is 4.98 Å². The van der Waals surface area contributed by atoms with E-state index in [1.165, 1.54) is 6.20 Å². The minimum absolute atomic E-state index is 0.336. The minimum Gasteiger partial charge on any atom is -0.462 e. The van der Waals surface area contributed by atoms with Crippen molar-refractivity contribution in [2.24, 2.45) is 0 Å². The molecule has 0 amide bonds. The van der Waals surface area contributed by atoms with Crippen LogP contribution in [-0.4, -0.2) is 27.3 Å². The number of esters is 1. The number of rotatable bonds is 4. The lowest BCUT2D eigenvalue weighted by Crippen LogP contribution is -2.06. The fourth-order valence-electron chi connectivity index (χ4n) is 2.11. The molecule has 2 heterocycles. The summed E-state index contributed by atoms with van der Waals surface area (Å²) in [4.78, 5) is 15.8. The van der Waals surface area contributed by atoms with Crippen molar-refractivity contribution in [3.8, 4) is 16.9 Å². The van der Waals surface area contributed by atoms with E-state index >= 15 is 0 Å². The van der Waals surface area contributed by atoms with E-state index in [1.54, 1.807) is 23.9 Å². The SMILES string of the molecule is CCOC(=O)c1cncc(-n2ccc(-c3ccccc3)n2)c1. The van der Waals surface area contributed by atoms with E-state index in [-0.39, 0.29) is 5.97 Å². The van der Waals surface area contributed by atoms with Crippen LogP contribution in [-0.2, 0) is 4.74 Å². The number of ether oxygens (including phenoxy) is 1. The summed E-state index contributed by atoms with van der Waals surface area (Å²) < 4.78 is 6.68. The van der Waals surface area contributed by atoms with Crippen molar-refractivity contribution in [1.29, 1.82) is 0 Å². The summed E-state index contributed by atoms with van der Waals surface area (Å²) in [7, 11) is 0. The molecule has 0 aliphatic heterocycles. The van der Waals surface area contributed by atoms with Crippen molar-refractivity contribution in [2.45, 2.75) is 6.92 Å². The van der Waals surface area contributed by atoms with Crippen LogP contribution in [0.3, 0.4) is 0 Å². The third kappa shape index (κ3) is 2.88. The Labute approximate surface area is 128 Å². The van der Waals surface area contributed by atoms with E-state index < -0.39 is 0 Å². The molecule has 5 heteroatoms. The molecule has 0 spiro atoms. The minimum atomic E-state index is -0.382. The molecule has 0 aliphatic carbocycles. The lowest BCUT2D eigenvalue weighted by Gasteiger charge is -2.04. The van der Waals surface area contributed by atoms with E-state index in [4.69, 9.17) is 4.74 Å². The Morgan fingerprint density at radius 2 is 2.00 bits per heavy atom. The average molecular weight is 293 g/mol. The second kappa shape index (κ2) is 6.22. The Balaban J connectivity index is 1.91. The zero-order valence-corrected chi connectivity index (χ0v) is 12.1. The molecule has 2 aromatic heterocycles. The lowest BCUT2D eigenvalue weighted by atomic mass is 10.2. The second-order valence-corrected chi connectivity index (χ2v) is 4.66.